The van der Waals surface area contributed by atoms with Gasteiger partial charge in [0.05, 0.1) is 50.8 Å². The maximum atomic E-state index is 14.1. The lowest BCUT2D eigenvalue weighted by Crippen LogP contribution is -2.59. The van der Waals surface area contributed by atoms with Crippen molar-refractivity contribution in [1.29, 1.82) is 0 Å². The number of hydrogen-bond donors (Lipinski definition) is 2. The minimum Gasteiger partial charge on any atom is -0.490 e. The molecule has 1 fully saturated rings. The highest BCUT2D eigenvalue weighted by Gasteiger charge is 2.42. The third kappa shape index (κ3) is 12.2. The third-order valence-electron chi connectivity index (χ3n) is 9.71. The van der Waals surface area contributed by atoms with Crippen molar-refractivity contribution >= 4 is 17.5 Å². The highest BCUT2D eigenvalue weighted by atomic mass is 16.5. The van der Waals surface area contributed by atoms with Crippen molar-refractivity contribution in [1.82, 2.24) is 10.2 Å². The van der Waals surface area contributed by atoms with Gasteiger partial charge in [0.25, 0.3) is 0 Å². The van der Waals surface area contributed by atoms with Gasteiger partial charge < -0.3 is 44.5 Å². The fourth-order valence-corrected chi connectivity index (χ4v) is 7.40. The molecule has 4 rings (SSSR count). The number of benzene rings is 2. The van der Waals surface area contributed by atoms with Crippen molar-refractivity contribution < 1.29 is 33.3 Å². The Morgan fingerprint density at radius 3 is 2.43 bits per heavy atom. The van der Waals surface area contributed by atoms with Crippen LogP contribution in [0.15, 0.2) is 42.5 Å². The number of fused-ring (bicyclic) bond motifs is 1. The smallest absolute Gasteiger partial charge is 0.239 e. The molecule has 1 unspecified atom stereocenters. The molecule has 0 aromatic heterocycles. The van der Waals surface area contributed by atoms with E-state index in [1.807, 2.05) is 24.8 Å². The molecular weight excluding hydrogens is 648 g/mol. The second-order valence-corrected chi connectivity index (χ2v) is 15.1. The van der Waals surface area contributed by atoms with Crippen molar-refractivity contribution in [2.45, 2.75) is 103 Å². The Morgan fingerprint density at radius 1 is 1.02 bits per heavy atom. The minimum atomic E-state index is -0.615. The van der Waals surface area contributed by atoms with Crippen molar-refractivity contribution in [2.75, 3.05) is 65.2 Å². The summed E-state index contributed by atoms with van der Waals surface area (Å²) in [5.41, 5.74) is 10.4. The molecule has 0 spiro atoms. The number of piperidine rings is 1. The van der Waals surface area contributed by atoms with E-state index in [4.69, 9.17) is 29.4 Å². The molecule has 1 saturated heterocycles. The molecule has 4 atom stereocenters. The van der Waals surface area contributed by atoms with Crippen LogP contribution in [-0.4, -0.2) is 101 Å². The number of nitrogens with two attached hydrogens (primary N) is 1. The highest BCUT2D eigenvalue weighted by Crippen LogP contribution is 2.39. The van der Waals surface area contributed by atoms with E-state index in [1.54, 1.807) is 14.2 Å². The predicted octanol–water partition coefficient (Wildman–Crippen LogP) is 5.03. The Hall–Kier alpha value is -3.22. The number of anilines is 1. The largest absolute Gasteiger partial charge is 0.490 e. The van der Waals surface area contributed by atoms with Gasteiger partial charge >= 0.3 is 0 Å². The molecule has 2 aromatic carbocycles. The van der Waals surface area contributed by atoms with Crippen molar-refractivity contribution in [2.24, 2.45) is 11.7 Å². The van der Waals surface area contributed by atoms with Crippen LogP contribution in [0.25, 0.3) is 0 Å². The van der Waals surface area contributed by atoms with Crippen LogP contribution >= 0.6 is 0 Å². The van der Waals surface area contributed by atoms with Gasteiger partial charge in [-0.25, -0.2) is 0 Å². The molecule has 284 valence electrons. The molecular formula is C40H62N4O7. The lowest BCUT2D eigenvalue weighted by atomic mass is 9.78. The zero-order valence-corrected chi connectivity index (χ0v) is 32.0. The van der Waals surface area contributed by atoms with Crippen LogP contribution in [0, 0.1) is 5.92 Å². The monoisotopic (exact) mass is 710 g/mol. The fraction of sp³-hybridized carbons (Fsp3) is 0.650. The van der Waals surface area contributed by atoms with E-state index >= 15 is 0 Å². The van der Waals surface area contributed by atoms with E-state index in [2.05, 4.69) is 60.5 Å². The highest BCUT2D eigenvalue weighted by molar-refractivity contribution is 5.82. The molecule has 0 radical (unpaired) electrons. The number of nitrogens with zero attached hydrogens (tertiary/aromatic N) is 2. The number of carbonyl (C=O) groups excluding carboxylic acids is 2. The molecule has 3 N–H and O–H groups in total. The topological polar surface area (TPSA) is 125 Å². The van der Waals surface area contributed by atoms with Crippen LogP contribution in [0.2, 0.25) is 0 Å². The summed E-state index contributed by atoms with van der Waals surface area (Å²) in [5, 5.41) is 3.10. The molecule has 2 aliphatic rings. The van der Waals surface area contributed by atoms with Gasteiger partial charge in [-0.3, -0.25) is 9.59 Å². The van der Waals surface area contributed by atoms with Crippen molar-refractivity contribution in [3.63, 3.8) is 0 Å². The first-order chi connectivity index (χ1) is 24.4. The minimum absolute atomic E-state index is 0.00321. The van der Waals surface area contributed by atoms with Gasteiger partial charge in [-0.2, -0.15) is 0 Å². The zero-order chi connectivity index (χ0) is 37.0. The van der Waals surface area contributed by atoms with Crippen LogP contribution in [-0.2, 0) is 41.8 Å². The molecule has 0 bridgehead atoms. The van der Waals surface area contributed by atoms with Gasteiger partial charge in [0, 0.05) is 58.3 Å². The van der Waals surface area contributed by atoms with Gasteiger partial charge in [0.15, 0.2) is 0 Å². The van der Waals surface area contributed by atoms with Crippen LogP contribution in [0.1, 0.15) is 82.9 Å². The first-order valence-corrected chi connectivity index (χ1v) is 18.5. The van der Waals surface area contributed by atoms with E-state index in [1.165, 1.54) is 6.92 Å². The molecule has 51 heavy (non-hydrogen) atoms. The maximum Gasteiger partial charge on any atom is 0.239 e. The predicted molar refractivity (Wildman–Crippen MR) is 200 cm³/mol. The van der Waals surface area contributed by atoms with Crippen molar-refractivity contribution in [3.05, 3.63) is 59.2 Å². The summed E-state index contributed by atoms with van der Waals surface area (Å²) in [6.45, 7) is 15.2. The number of rotatable bonds is 19. The average molecular weight is 711 g/mol. The molecule has 2 amide bonds. The van der Waals surface area contributed by atoms with Crippen molar-refractivity contribution in [3.8, 4) is 5.75 Å². The Balaban J connectivity index is 1.62. The normalized spacial score (nSPS) is 19.8. The molecule has 0 aliphatic carbocycles. The van der Waals surface area contributed by atoms with E-state index in [9.17, 15) is 9.59 Å². The van der Waals surface area contributed by atoms with Crippen LogP contribution in [0.5, 0.6) is 5.75 Å². The first kappa shape index (κ1) is 40.5. The summed E-state index contributed by atoms with van der Waals surface area (Å²) >= 11 is 0. The summed E-state index contributed by atoms with van der Waals surface area (Å²) in [6, 6.07) is 14.0. The van der Waals surface area contributed by atoms with E-state index in [0.717, 1.165) is 47.6 Å². The SMILES string of the molecule is COCCCN1CCOc2ccc(CO[C@H]3CN(C(=O)C(N)CC(C)C)[C@@H](CC(C)(C)NC(C)=O)C[C@@H]3c3ccc(COCCOC)cc3)cc21. The number of amides is 2. The van der Waals surface area contributed by atoms with Gasteiger partial charge in [-0.1, -0.05) is 44.2 Å². The van der Waals surface area contributed by atoms with E-state index < -0.39 is 11.6 Å². The quantitative estimate of drug-likeness (QED) is 0.193. The molecule has 0 saturated carbocycles. The lowest BCUT2D eigenvalue weighted by Gasteiger charge is -2.47. The Morgan fingerprint density at radius 2 is 1.75 bits per heavy atom. The Bertz CT molecular complexity index is 1390. The summed E-state index contributed by atoms with van der Waals surface area (Å²) in [4.78, 5) is 30.6. The number of likely N-dealkylation sites (tertiary alicyclic amines) is 1. The lowest BCUT2D eigenvalue weighted by molar-refractivity contribution is -0.143. The number of methoxy groups -OCH3 is 2. The zero-order valence-electron chi connectivity index (χ0n) is 32.0. The maximum absolute atomic E-state index is 14.1. The summed E-state index contributed by atoms with van der Waals surface area (Å²) in [7, 11) is 3.39. The van der Waals surface area contributed by atoms with E-state index in [-0.39, 0.29) is 35.8 Å². The van der Waals surface area contributed by atoms with E-state index in [0.29, 0.717) is 65.4 Å². The number of ether oxygens (including phenoxy) is 5. The summed E-state index contributed by atoms with van der Waals surface area (Å²) in [5.74, 6) is 0.995. The molecule has 11 nitrogen and oxygen atoms in total. The van der Waals surface area contributed by atoms with Crippen LogP contribution in [0.4, 0.5) is 5.69 Å². The number of nitrogens with one attached hydrogen (secondary N) is 1. The number of carbonyl (C=O) groups is 2. The Labute approximate surface area is 305 Å². The second-order valence-electron chi connectivity index (χ2n) is 15.1. The first-order valence-electron chi connectivity index (χ1n) is 18.5. The summed E-state index contributed by atoms with van der Waals surface area (Å²) in [6.07, 6.45) is 2.50. The number of hydrogen-bond acceptors (Lipinski definition) is 9. The fourth-order valence-electron chi connectivity index (χ4n) is 7.40. The summed E-state index contributed by atoms with van der Waals surface area (Å²) < 4.78 is 29.0. The third-order valence-corrected chi connectivity index (χ3v) is 9.71. The van der Waals surface area contributed by atoms with Gasteiger partial charge in [0.1, 0.15) is 12.4 Å². The molecule has 2 aromatic rings. The van der Waals surface area contributed by atoms with Crippen LogP contribution in [0.3, 0.4) is 0 Å². The van der Waals surface area contributed by atoms with Gasteiger partial charge in [-0.15, -0.1) is 0 Å². The standard InChI is InChI=1S/C40H62N4O7/c1-28(2)21-35(41)39(46)44-25-38(51-27-31-11-14-37-36(22-31)43(16-18-50-37)15-8-17-47-6)34(23-33(44)24-40(4,5)42-29(3)45)32-12-9-30(10-13-32)26-49-20-19-48-7/h9-14,22,28,33-35,38H,8,15-21,23-27,41H2,1-7H3,(H,42,45)/t33-,34-,35?,38+/m1/s1. The Kier molecular flexibility index (Phi) is 15.6. The second kappa shape index (κ2) is 19.6. The van der Waals surface area contributed by atoms with Gasteiger partial charge in [0.2, 0.25) is 11.8 Å². The average Bonchev–Trinajstić information content (AvgIpc) is 3.08. The molecule has 11 heteroatoms. The van der Waals surface area contributed by atoms with Crippen LogP contribution < -0.4 is 20.7 Å². The van der Waals surface area contributed by atoms with Gasteiger partial charge in [-0.05, 0) is 74.3 Å². The molecule has 2 aliphatic heterocycles. The molecule has 2 heterocycles.